The monoisotopic (exact) mass is 239 g/mol. The zero-order valence-electron chi connectivity index (χ0n) is 11.4. The third-order valence-corrected chi connectivity index (χ3v) is 2.65. The van der Waals surface area contributed by atoms with E-state index in [1.54, 1.807) is 0 Å². The number of hydrogen-bond acceptors (Lipinski definition) is 3. The van der Waals surface area contributed by atoms with E-state index in [0.29, 0.717) is 6.54 Å². The smallest absolute Gasteiger partial charge is 0.0664 e. The Morgan fingerprint density at radius 2 is 2.18 bits per heavy atom. The number of aliphatic hydroxyl groups is 1. The first kappa shape index (κ1) is 14.2. The Morgan fingerprint density at radius 1 is 1.47 bits per heavy atom. The second kappa shape index (κ2) is 6.17. The van der Waals surface area contributed by atoms with E-state index in [1.807, 2.05) is 10.9 Å². The van der Waals surface area contributed by atoms with Crippen LogP contribution in [0.4, 0.5) is 0 Å². The van der Waals surface area contributed by atoms with Gasteiger partial charge in [-0.15, -0.1) is 0 Å². The summed E-state index contributed by atoms with van der Waals surface area (Å²) in [5.74, 6) is 0. The third kappa shape index (κ3) is 4.88. The molecular formula is C13H25N3O. The fourth-order valence-corrected chi connectivity index (χ4v) is 1.64. The number of nitrogens with zero attached hydrogens (tertiary/aromatic N) is 2. The van der Waals surface area contributed by atoms with Gasteiger partial charge in [-0.25, -0.2) is 0 Å². The molecule has 0 aliphatic heterocycles. The van der Waals surface area contributed by atoms with Crippen molar-refractivity contribution in [2.24, 2.45) is 0 Å². The van der Waals surface area contributed by atoms with Gasteiger partial charge in [-0.1, -0.05) is 13.3 Å². The van der Waals surface area contributed by atoms with Crippen molar-refractivity contribution >= 4 is 0 Å². The fraction of sp³-hybridized carbons (Fsp3) is 0.769. The second-order valence-electron chi connectivity index (χ2n) is 5.54. The van der Waals surface area contributed by atoms with Crippen LogP contribution in [0.1, 0.15) is 46.1 Å². The van der Waals surface area contributed by atoms with Crippen LogP contribution < -0.4 is 5.32 Å². The molecule has 4 heteroatoms. The molecule has 1 rings (SSSR count). The van der Waals surface area contributed by atoms with Crippen LogP contribution >= 0.6 is 0 Å². The lowest BCUT2D eigenvalue weighted by Gasteiger charge is -2.18. The van der Waals surface area contributed by atoms with E-state index in [1.165, 1.54) is 0 Å². The van der Waals surface area contributed by atoms with Gasteiger partial charge in [0, 0.05) is 24.8 Å². The SMILES string of the molecule is CCCC(O)CNCc1cnn(C(C)(C)C)c1. The Hall–Kier alpha value is -0.870. The molecule has 0 aromatic carbocycles. The molecule has 0 bridgehead atoms. The molecule has 0 spiro atoms. The molecule has 0 aliphatic rings. The van der Waals surface area contributed by atoms with Crippen LogP contribution in [0.5, 0.6) is 0 Å². The van der Waals surface area contributed by atoms with E-state index in [4.69, 9.17) is 0 Å². The van der Waals surface area contributed by atoms with Crippen molar-refractivity contribution in [1.29, 1.82) is 0 Å². The van der Waals surface area contributed by atoms with Crippen LogP contribution in [0.15, 0.2) is 12.4 Å². The maximum Gasteiger partial charge on any atom is 0.0664 e. The molecule has 0 fully saturated rings. The summed E-state index contributed by atoms with van der Waals surface area (Å²) in [7, 11) is 0. The first-order valence-corrected chi connectivity index (χ1v) is 6.36. The minimum Gasteiger partial charge on any atom is -0.392 e. The van der Waals surface area contributed by atoms with Gasteiger partial charge in [-0.05, 0) is 27.2 Å². The van der Waals surface area contributed by atoms with Crippen LogP contribution in [0, 0.1) is 0 Å². The summed E-state index contributed by atoms with van der Waals surface area (Å²) >= 11 is 0. The minimum absolute atomic E-state index is 0.0278. The molecular weight excluding hydrogens is 214 g/mol. The maximum atomic E-state index is 9.58. The fourth-order valence-electron chi connectivity index (χ4n) is 1.64. The highest BCUT2D eigenvalue weighted by molar-refractivity contribution is 5.04. The third-order valence-electron chi connectivity index (χ3n) is 2.65. The molecule has 0 radical (unpaired) electrons. The zero-order valence-corrected chi connectivity index (χ0v) is 11.4. The van der Waals surface area contributed by atoms with Crippen molar-refractivity contribution < 1.29 is 5.11 Å². The zero-order chi connectivity index (χ0) is 12.9. The number of aliphatic hydroxyl groups excluding tert-OH is 1. The van der Waals surface area contributed by atoms with Crippen molar-refractivity contribution in [2.45, 2.75) is 58.7 Å². The molecule has 0 saturated heterocycles. The van der Waals surface area contributed by atoms with E-state index < -0.39 is 0 Å². The van der Waals surface area contributed by atoms with E-state index in [2.05, 4.69) is 44.3 Å². The highest BCUT2D eigenvalue weighted by Crippen LogP contribution is 2.12. The van der Waals surface area contributed by atoms with Gasteiger partial charge >= 0.3 is 0 Å². The molecule has 1 aromatic heterocycles. The number of rotatable bonds is 6. The Kier molecular flexibility index (Phi) is 5.15. The van der Waals surface area contributed by atoms with Crippen LogP contribution in [0.3, 0.4) is 0 Å². The average Bonchev–Trinajstić information content (AvgIpc) is 2.66. The topological polar surface area (TPSA) is 50.1 Å². The quantitative estimate of drug-likeness (QED) is 0.797. The molecule has 1 heterocycles. The summed E-state index contributed by atoms with van der Waals surface area (Å²) in [5.41, 5.74) is 1.18. The normalized spacial score (nSPS) is 13.9. The largest absolute Gasteiger partial charge is 0.392 e. The Labute approximate surface area is 104 Å². The molecule has 1 atom stereocenters. The lowest BCUT2D eigenvalue weighted by Crippen LogP contribution is -2.26. The summed E-state index contributed by atoms with van der Waals surface area (Å²) < 4.78 is 1.96. The molecule has 17 heavy (non-hydrogen) atoms. The van der Waals surface area contributed by atoms with Crippen LogP contribution in [-0.4, -0.2) is 27.5 Å². The van der Waals surface area contributed by atoms with Crippen molar-refractivity contribution in [3.8, 4) is 0 Å². The van der Waals surface area contributed by atoms with Crippen LogP contribution in [-0.2, 0) is 12.1 Å². The molecule has 2 N–H and O–H groups in total. The lowest BCUT2D eigenvalue weighted by atomic mass is 10.1. The van der Waals surface area contributed by atoms with E-state index in [-0.39, 0.29) is 11.6 Å². The Bertz CT molecular complexity index is 328. The van der Waals surface area contributed by atoms with Crippen molar-refractivity contribution in [3.05, 3.63) is 18.0 Å². The Balaban J connectivity index is 2.35. The molecule has 0 saturated carbocycles. The van der Waals surface area contributed by atoms with Crippen LogP contribution in [0.2, 0.25) is 0 Å². The van der Waals surface area contributed by atoms with E-state index >= 15 is 0 Å². The van der Waals surface area contributed by atoms with Crippen molar-refractivity contribution in [2.75, 3.05) is 6.54 Å². The lowest BCUT2D eigenvalue weighted by molar-refractivity contribution is 0.160. The first-order valence-electron chi connectivity index (χ1n) is 6.36. The Morgan fingerprint density at radius 3 is 2.71 bits per heavy atom. The van der Waals surface area contributed by atoms with Gasteiger partial charge in [0.1, 0.15) is 0 Å². The summed E-state index contributed by atoms with van der Waals surface area (Å²) in [6.07, 6.45) is 5.57. The summed E-state index contributed by atoms with van der Waals surface area (Å²) in [6.45, 7) is 9.87. The van der Waals surface area contributed by atoms with Crippen molar-refractivity contribution in [3.63, 3.8) is 0 Å². The number of aromatic nitrogens is 2. The van der Waals surface area contributed by atoms with Gasteiger partial charge in [0.15, 0.2) is 0 Å². The van der Waals surface area contributed by atoms with Crippen LogP contribution in [0.25, 0.3) is 0 Å². The van der Waals surface area contributed by atoms with Gasteiger partial charge in [0.25, 0.3) is 0 Å². The highest BCUT2D eigenvalue weighted by atomic mass is 16.3. The standard InChI is InChI=1S/C13H25N3O/c1-5-6-12(17)9-14-7-11-8-15-16(10-11)13(2,3)4/h8,10,12,14,17H,5-7,9H2,1-4H3. The average molecular weight is 239 g/mol. The minimum atomic E-state index is -0.238. The summed E-state index contributed by atoms with van der Waals surface area (Å²) in [6, 6.07) is 0. The molecule has 4 nitrogen and oxygen atoms in total. The van der Waals surface area contributed by atoms with Crippen molar-refractivity contribution in [1.82, 2.24) is 15.1 Å². The highest BCUT2D eigenvalue weighted by Gasteiger charge is 2.13. The molecule has 98 valence electrons. The van der Waals surface area contributed by atoms with Gasteiger partial charge in [0.05, 0.1) is 17.8 Å². The van der Waals surface area contributed by atoms with E-state index in [0.717, 1.165) is 24.9 Å². The predicted octanol–water partition coefficient (Wildman–Crippen LogP) is 1.89. The van der Waals surface area contributed by atoms with Gasteiger partial charge in [-0.2, -0.15) is 5.10 Å². The van der Waals surface area contributed by atoms with Gasteiger partial charge in [0.2, 0.25) is 0 Å². The predicted molar refractivity (Wildman–Crippen MR) is 69.8 cm³/mol. The summed E-state index contributed by atoms with van der Waals surface area (Å²) in [4.78, 5) is 0. The van der Waals surface area contributed by atoms with Gasteiger partial charge in [-0.3, -0.25) is 4.68 Å². The van der Waals surface area contributed by atoms with E-state index in [9.17, 15) is 5.11 Å². The molecule has 0 aliphatic carbocycles. The maximum absolute atomic E-state index is 9.58. The molecule has 1 aromatic rings. The van der Waals surface area contributed by atoms with Gasteiger partial charge < -0.3 is 10.4 Å². The molecule has 1 unspecified atom stereocenters. The molecule has 0 amide bonds. The first-order chi connectivity index (χ1) is 7.93. The number of nitrogens with one attached hydrogen (secondary N) is 1. The second-order valence-corrected chi connectivity index (χ2v) is 5.54. The number of hydrogen-bond donors (Lipinski definition) is 2. The summed E-state index contributed by atoms with van der Waals surface area (Å²) in [5, 5.41) is 17.2.